The van der Waals surface area contributed by atoms with Crippen LogP contribution in [-0.2, 0) is 5.60 Å². The molecule has 0 aromatic heterocycles. The van der Waals surface area contributed by atoms with E-state index in [-0.39, 0.29) is 5.56 Å². The first kappa shape index (κ1) is 14.0. The van der Waals surface area contributed by atoms with Crippen LogP contribution in [0.4, 0.5) is 8.78 Å². The van der Waals surface area contributed by atoms with Crippen molar-refractivity contribution in [2.45, 2.75) is 38.7 Å². The van der Waals surface area contributed by atoms with Crippen molar-refractivity contribution < 1.29 is 13.9 Å². The number of nitrogens with zero attached hydrogens (tertiary/aromatic N) is 1. The van der Waals surface area contributed by atoms with Gasteiger partial charge in [0.25, 0.3) is 0 Å². The van der Waals surface area contributed by atoms with Crippen LogP contribution >= 0.6 is 0 Å². The van der Waals surface area contributed by atoms with Crippen LogP contribution in [0.1, 0.15) is 38.7 Å². The van der Waals surface area contributed by atoms with Crippen LogP contribution in [0.2, 0.25) is 0 Å². The summed E-state index contributed by atoms with van der Waals surface area (Å²) < 4.78 is 27.2. The Morgan fingerprint density at radius 1 is 1.47 bits per heavy atom. The molecule has 19 heavy (non-hydrogen) atoms. The normalized spacial score (nSPS) is 29.8. The van der Waals surface area contributed by atoms with Gasteiger partial charge in [0, 0.05) is 5.56 Å². The van der Waals surface area contributed by atoms with Gasteiger partial charge in [-0.15, -0.1) is 0 Å². The molecule has 2 rings (SSSR count). The van der Waals surface area contributed by atoms with Crippen molar-refractivity contribution in [1.82, 2.24) is 0 Å². The van der Waals surface area contributed by atoms with Gasteiger partial charge in [0.15, 0.2) is 11.6 Å². The Kier molecular flexibility index (Phi) is 3.36. The van der Waals surface area contributed by atoms with E-state index in [1.54, 1.807) is 0 Å². The minimum Gasteiger partial charge on any atom is -0.384 e. The average molecular weight is 265 g/mol. The fraction of sp³-hybridized carbons (Fsp3) is 0.533. The van der Waals surface area contributed by atoms with Crippen LogP contribution in [0.15, 0.2) is 18.2 Å². The zero-order chi connectivity index (χ0) is 14.3. The van der Waals surface area contributed by atoms with Crippen LogP contribution in [-0.4, -0.2) is 5.11 Å². The molecule has 0 saturated heterocycles. The minimum atomic E-state index is -1.70. The summed E-state index contributed by atoms with van der Waals surface area (Å²) >= 11 is 0. The monoisotopic (exact) mass is 265 g/mol. The Morgan fingerprint density at radius 2 is 2.16 bits per heavy atom. The Hall–Kier alpha value is -1.47. The first-order valence-corrected chi connectivity index (χ1v) is 6.42. The molecule has 1 aliphatic carbocycles. The third-order valence-corrected chi connectivity index (χ3v) is 4.38. The predicted octanol–water partition coefficient (Wildman–Crippen LogP) is 3.50. The maximum Gasteiger partial charge on any atom is 0.164 e. The van der Waals surface area contributed by atoms with Crippen molar-refractivity contribution in [2.24, 2.45) is 11.3 Å². The van der Waals surface area contributed by atoms with Gasteiger partial charge in [0.1, 0.15) is 5.60 Å². The summed E-state index contributed by atoms with van der Waals surface area (Å²) in [6.45, 7) is 3.41. The topological polar surface area (TPSA) is 44.0 Å². The molecule has 1 saturated carbocycles. The van der Waals surface area contributed by atoms with Gasteiger partial charge in [-0.25, -0.2) is 8.78 Å². The predicted molar refractivity (Wildman–Crippen MR) is 67.0 cm³/mol. The third kappa shape index (κ3) is 2.02. The van der Waals surface area contributed by atoms with E-state index >= 15 is 0 Å². The Morgan fingerprint density at radius 3 is 2.68 bits per heavy atom. The zero-order valence-corrected chi connectivity index (χ0v) is 11.1. The molecule has 0 aliphatic heterocycles. The van der Waals surface area contributed by atoms with E-state index in [0.29, 0.717) is 18.8 Å². The first-order chi connectivity index (χ1) is 8.84. The number of hydrogen-bond donors (Lipinski definition) is 1. The second kappa shape index (κ2) is 4.57. The molecule has 0 radical (unpaired) electrons. The SMILES string of the molecule is CC1CCC(C#N)(C(C)(O)c2cccc(F)c2F)C1. The fourth-order valence-electron chi connectivity index (χ4n) is 3.08. The Labute approximate surface area is 111 Å². The molecule has 0 amide bonds. The van der Waals surface area contributed by atoms with Gasteiger partial charge >= 0.3 is 0 Å². The van der Waals surface area contributed by atoms with Gasteiger partial charge in [0.2, 0.25) is 0 Å². The van der Waals surface area contributed by atoms with E-state index in [9.17, 15) is 19.1 Å². The highest BCUT2D eigenvalue weighted by molar-refractivity contribution is 5.31. The summed E-state index contributed by atoms with van der Waals surface area (Å²) in [6, 6.07) is 5.86. The van der Waals surface area contributed by atoms with Crippen LogP contribution < -0.4 is 0 Å². The summed E-state index contributed by atoms with van der Waals surface area (Å²) in [7, 11) is 0. The van der Waals surface area contributed by atoms with E-state index in [1.807, 2.05) is 6.92 Å². The van der Waals surface area contributed by atoms with Gasteiger partial charge in [-0.3, -0.25) is 0 Å². The van der Waals surface area contributed by atoms with Gasteiger partial charge in [0.05, 0.1) is 11.5 Å². The van der Waals surface area contributed by atoms with Crippen molar-refractivity contribution in [3.05, 3.63) is 35.4 Å². The van der Waals surface area contributed by atoms with E-state index in [4.69, 9.17) is 0 Å². The van der Waals surface area contributed by atoms with Crippen molar-refractivity contribution in [3.8, 4) is 6.07 Å². The molecule has 1 aromatic rings. The maximum absolute atomic E-state index is 13.9. The molecule has 3 unspecified atom stereocenters. The molecule has 0 heterocycles. The summed E-state index contributed by atoms with van der Waals surface area (Å²) in [5.74, 6) is -1.78. The van der Waals surface area contributed by atoms with Gasteiger partial charge in [-0.05, 0) is 38.2 Å². The second-order valence-corrected chi connectivity index (χ2v) is 5.72. The van der Waals surface area contributed by atoms with Crippen LogP contribution in [0.25, 0.3) is 0 Å². The standard InChI is InChI=1S/C15H17F2NO/c1-10-6-7-15(8-10,9-18)14(2,19)11-4-3-5-12(16)13(11)17/h3-5,10,19H,6-8H2,1-2H3. The molecule has 1 N–H and O–H groups in total. The van der Waals surface area contributed by atoms with Crippen LogP contribution in [0.5, 0.6) is 0 Å². The van der Waals surface area contributed by atoms with Crippen molar-refractivity contribution in [3.63, 3.8) is 0 Å². The highest BCUT2D eigenvalue weighted by Crippen LogP contribution is 2.53. The van der Waals surface area contributed by atoms with E-state index in [1.165, 1.54) is 19.1 Å². The van der Waals surface area contributed by atoms with Crippen molar-refractivity contribution in [1.29, 1.82) is 5.26 Å². The van der Waals surface area contributed by atoms with Crippen molar-refractivity contribution in [2.75, 3.05) is 0 Å². The summed E-state index contributed by atoms with van der Waals surface area (Å²) in [5, 5.41) is 20.2. The van der Waals surface area contributed by atoms with Crippen LogP contribution in [0.3, 0.4) is 0 Å². The summed E-state index contributed by atoms with van der Waals surface area (Å²) in [6.07, 6.45) is 1.79. The fourth-order valence-corrected chi connectivity index (χ4v) is 3.08. The molecule has 3 atom stereocenters. The number of halogens is 2. The first-order valence-electron chi connectivity index (χ1n) is 6.42. The van der Waals surface area contributed by atoms with Crippen LogP contribution in [0, 0.1) is 34.3 Å². The number of aliphatic hydroxyl groups is 1. The van der Waals surface area contributed by atoms with E-state index in [2.05, 4.69) is 6.07 Å². The average Bonchev–Trinajstić information content (AvgIpc) is 2.76. The molecule has 102 valence electrons. The quantitative estimate of drug-likeness (QED) is 0.889. The lowest BCUT2D eigenvalue weighted by Gasteiger charge is -2.38. The second-order valence-electron chi connectivity index (χ2n) is 5.72. The smallest absolute Gasteiger partial charge is 0.164 e. The van der Waals surface area contributed by atoms with E-state index < -0.39 is 22.7 Å². The number of benzene rings is 1. The lowest BCUT2D eigenvalue weighted by molar-refractivity contribution is -0.0470. The molecule has 2 nitrogen and oxygen atoms in total. The third-order valence-electron chi connectivity index (χ3n) is 4.38. The minimum absolute atomic E-state index is 0.136. The number of rotatable bonds is 2. The molecule has 0 spiro atoms. The number of nitriles is 1. The van der Waals surface area contributed by atoms with E-state index in [0.717, 1.165) is 12.5 Å². The molecule has 1 aliphatic rings. The molecular formula is C15H17F2NO. The maximum atomic E-state index is 13.9. The zero-order valence-electron chi connectivity index (χ0n) is 11.1. The van der Waals surface area contributed by atoms with Gasteiger partial charge in [-0.2, -0.15) is 5.26 Å². The number of hydrogen-bond acceptors (Lipinski definition) is 2. The molecule has 4 heteroatoms. The Bertz CT molecular complexity index is 535. The van der Waals surface area contributed by atoms with Gasteiger partial charge < -0.3 is 5.11 Å². The summed E-state index contributed by atoms with van der Waals surface area (Å²) in [5.41, 5.74) is -2.89. The molecule has 1 aromatic carbocycles. The Balaban J connectivity index is 2.53. The molecule has 1 fully saturated rings. The lowest BCUT2D eigenvalue weighted by atomic mass is 9.68. The van der Waals surface area contributed by atoms with Gasteiger partial charge in [-0.1, -0.05) is 19.1 Å². The van der Waals surface area contributed by atoms with Crippen molar-refractivity contribution >= 4 is 0 Å². The largest absolute Gasteiger partial charge is 0.384 e. The highest BCUT2D eigenvalue weighted by atomic mass is 19.2. The lowest BCUT2D eigenvalue weighted by Crippen LogP contribution is -2.41. The molecule has 0 bridgehead atoms. The highest BCUT2D eigenvalue weighted by Gasteiger charge is 2.53. The molecular weight excluding hydrogens is 248 g/mol. The summed E-state index contributed by atoms with van der Waals surface area (Å²) in [4.78, 5) is 0.